The molecule has 0 spiro atoms. The van der Waals surface area contributed by atoms with Gasteiger partial charge >= 0.3 is 0 Å². The summed E-state index contributed by atoms with van der Waals surface area (Å²) in [6, 6.07) is 17.6. The quantitative estimate of drug-likeness (QED) is 0.269. The molecule has 0 aromatic heterocycles. The van der Waals surface area contributed by atoms with Crippen molar-refractivity contribution in [1.29, 1.82) is 0 Å². The first kappa shape index (κ1) is 31.5. The lowest BCUT2D eigenvalue weighted by atomic mass is 10.1. The molecule has 0 radical (unpaired) electrons. The molecule has 0 aliphatic carbocycles. The summed E-state index contributed by atoms with van der Waals surface area (Å²) in [5.41, 5.74) is 2.76. The number of hydrogen-bond acceptors (Lipinski definition) is 4. The predicted octanol–water partition coefficient (Wildman–Crippen LogP) is 6.14. The van der Waals surface area contributed by atoms with Crippen LogP contribution in [-0.4, -0.2) is 44.3 Å². The zero-order chi connectivity index (χ0) is 29.4. The summed E-state index contributed by atoms with van der Waals surface area (Å²) in [4.78, 5) is 28.7. The Morgan fingerprint density at radius 1 is 0.900 bits per heavy atom. The number of nitrogens with zero attached hydrogens (tertiary/aromatic N) is 2. The molecule has 10 heteroatoms. The van der Waals surface area contributed by atoms with Crippen LogP contribution in [0, 0.1) is 13.8 Å². The second kappa shape index (κ2) is 14.0. The Morgan fingerprint density at radius 3 is 2.20 bits per heavy atom. The van der Waals surface area contributed by atoms with E-state index in [4.69, 9.17) is 23.2 Å². The highest BCUT2D eigenvalue weighted by Gasteiger charge is 2.33. The van der Waals surface area contributed by atoms with Gasteiger partial charge in [-0.15, -0.1) is 0 Å². The fourth-order valence-electron chi connectivity index (χ4n) is 4.27. The van der Waals surface area contributed by atoms with Crippen LogP contribution in [-0.2, 0) is 26.2 Å². The molecule has 1 N–H and O–H groups in total. The standard InChI is InChI=1S/C30H35Cl2N3O4S/c1-5-16-33-30(37)28(6-2)34(19-23-12-15-26(31)27(32)18-23)29(36)20-35(24-9-7-8-22(4)17-24)40(38,39)25-13-10-21(3)11-14-25/h7-15,17-18,28H,5-6,16,19-20H2,1-4H3,(H,33,37)/t28-/m1/s1. The number of aryl methyl sites for hydroxylation is 2. The van der Waals surface area contributed by atoms with Crippen LogP contribution in [0.25, 0.3) is 0 Å². The van der Waals surface area contributed by atoms with Crippen molar-refractivity contribution in [3.8, 4) is 0 Å². The molecule has 3 aromatic rings. The van der Waals surface area contributed by atoms with E-state index in [9.17, 15) is 18.0 Å². The van der Waals surface area contributed by atoms with Crippen molar-refractivity contribution in [3.63, 3.8) is 0 Å². The molecule has 1 atom stereocenters. The Kier molecular flexibility index (Phi) is 11.0. The summed E-state index contributed by atoms with van der Waals surface area (Å²) in [6.07, 6.45) is 1.07. The third kappa shape index (κ3) is 7.77. The topological polar surface area (TPSA) is 86.8 Å². The molecule has 0 bridgehead atoms. The van der Waals surface area contributed by atoms with Crippen molar-refractivity contribution in [2.75, 3.05) is 17.4 Å². The van der Waals surface area contributed by atoms with Gasteiger partial charge in [0, 0.05) is 13.1 Å². The zero-order valence-electron chi connectivity index (χ0n) is 23.2. The van der Waals surface area contributed by atoms with Gasteiger partial charge in [-0.25, -0.2) is 8.42 Å². The lowest BCUT2D eigenvalue weighted by Gasteiger charge is -2.33. The van der Waals surface area contributed by atoms with Crippen molar-refractivity contribution in [2.24, 2.45) is 0 Å². The van der Waals surface area contributed by atoms with Crippen molar-refractivity contribution in [1.82, 2.24) is 10.2 Å². The van der Waals surface area contributed by atoms with Gasteiger partial charge < -0.3 is 10.2 Å². The normalized spacial score (nSPS) is 12.1. The minimum absolute atomic E-state index is 0.0417. The lowest BCUT2D eigenvalue weighted by Crippen LogP contribution is -2.52. The summed E-state index contributed by atoms with van der Waals surface area (Å²) < 4.78 is 28.9. The maximum atomic E-state index is 14.1. The van der Waals surface area contributed by atoms with Crippen LogP contribution in [0.15, 0.2) is 71.6 Å². The Balaban J connectivity index is 2.06. The van der Waals surface area contributed by atoms with E-state index in [1.807, 2.05) is 33.8 Å². The highest BCUT2D eigenvalue weighted by atomic mass is 35.5. The largest absolute Gasteiger partial charge is 0.354 e. The molecule has 0 heterocycles. The van der Waals surface area contributed by atoms with E-state index in [0.717, 1.165) is 21.9 Å². The highest BCUT2D eigenvalue weighted by Crippen LogP contribution is 2.27. The van der Waals surface area contributed by atoms with Gasteiger partial charge in [-0.1, -0.05) is 72.9 Å². The van der Waals surface area contributed by atoms with E-state index >= 15 is 0 Å². The average Bonchev–Trinajstić information content (AvgIpc) is 2.92. The molecular formula is C30H35Cl2N3O4S. The van der Waals surface area contributed by atoms with Gasteiger partial charge in [0.2, 0.25) is 11.8 Å². The number of hydrogen-bond donors (Lipinski definition) is 1. The predicted molar refractivity (Wildman–Crippen MR) is 161 cm³/mol. The van der Waals surface area contributed by atoms with Crippen molar-refractivity contribution < 1.29 is 18.0 Å². The number of nitrogens with one attached hydrogen (secondary N) is 1. The monoisotopic (exact) mass is 603 g/mol. The molecule has 0 saturated carbocycles. The number of halogens is 2. The number of sulfonamides is 1. The van der Waals surface area contributed by atoms with E-state index < -0.39 is 28.5 Å². The number of rotatable bonds is 12. The van der Waals surface area contributed by atoms with Gasteiger partial charge in [-0.05, 0) is 74.2 Å². The van der Waals surface area contributed by atoms with Gasteiger partial charge in [-0.2, -0.15) is 0 Å². The van der Waals surface area contributed by atoms with E-state index in [2.05, 4.69) is 5.32 Å². The van der Waals surface area contributed by atoms with Gasteiger partial charge in [0.15, 0.2) is 0 Å². The number of benzene rings is 3. The number of carbonyl (C=O) groups is 2. The van der Waals surface area contributed by atoms with Gasteiger partial charge in [0.25, 0.3) is 10.0 Å². The van der Waals surface area contributed by atoms with Crippen molar-refractivity contribution in [2.45, 2.75) is 58.0 Å². The molecule has 0 unspecified atom stereocenters. The molecule has 3 aromatic carbocycles. The minimum atomic E-state index is -4.12. The van der Waals surface area contributed by atoms with Gasteiger partial charge in [-0.3, -0.25) is 13.9 Å². The first-order valence-electron chi connectivity index (χ1n) is 13.1. The van der Waals surface area contributed by atoms with Crippen LogP contribution < -0.4 is 9.62 Å². The number of amides is 2. The van der Waals surface area contributed by atoms with Crippen molar-refractivity contribution >= 4 is 50.7 Å². The third-order valence-electron chi connectivity index (χ3n) is 6.45. The molecule has 214 valence electrons. The Bertz CT molecular complexity index is 1450. The fourth-order valence-corrected chi connectivity index (χ4v) is 6.00. The highest BCUT2D eigenvalue weighted by molar-refractivity contribution is 7.92. The average molecular weight is 605 g/mol. The first-order valence-corrected chi connectivity index (χ1v) is 15.3. The summed E-state index contributed by atoms with van der Waals surface area (Å²) >= 11 is 12.3. The van der Waals surface area contributed by atoms with Crippen LogP contribution in [0.1, 0.15) is 43.4 Å². The molecular weight excluding hydrogens is 569 g/mol. The third-order valence-corrected chi connectivity index (χ3v) is 8.98. The molecule has 0 fully saturated rings. The first-order chi connectivity index (χ1) is 19.0. The van der Waals surface area contributed by atoms with Crippen LogP contribution >= 0.6 is 23.2 Å². The summed E-state index contributed by atoms with van der Waals surface area (Å²) in [7, 11) is -4.12. The fraction of sp³-hybridized carbons (Fsp3) is 0.333. The van der Waals surface area contributed by atoms with Gasteiger partial charge in [0.05, 0.1) is 20.6 Å². The Hall–Kier alpha value is -3.07. The van der Waals surface area contributed by atoms with Gasteiger partial charge in [0.1, 0.15) is 12.6 Å². The maximum absolute atomic E-state index is 14.1. The molecule has 0 aliphatic heterocycles. The van der Waals surface area contributed by atoms with Crippen LogP contribution in [0.3, 0.4) is 0 Å². The van der Waals surface area contributed by atoms with Crippen LogP contribution in [0.4, 0.5) is 5.69 Å². The lowest BCUT2D eigenvalue weighted by molar-refractivity contribution is -0.140. The van der Waals surface area contributed by atoms with Crippen molar-refractivity contribution in [3.05, 3.63) is 93.5 Å². The molecule has 2 amide bonds. The number of carbonyl (C=O) groups excluding carboxylic acids is 2. The molecule has 40 heavy (non-hydrogen) atoms. The summed E-state index contributed by atoms with van der Waals surface area (Å²) in [5.74, 6) is -0.831. The van der Waals surface area contributed by atoms with Crippen LogP contribution in [0.5, 0.6) is 0 Å². The molecule has 7 nitrogen and oxygen atoms in total. The molecule has 3 rings (SSSR count). The maximum Gasteiger partial charge on any atom is 0.264 e. The number of anilines is 1. The van der Waals surface area contributed by atoms with E-state index in [-0.39, 0.29) is 17.3 Å². The Labute approximate surface area is 247 Å². The summed E-state index contributed by atoms with van der Waals surface area (Å²) in [5, 5.41) is 3.55. The summed E-state index contributed by atoms with van der Waals surface area (Å²) in [6.45, 7) is 7.47. The van der Waals surface area contributed by atoms with E-state index in [1.165, 1.54) is 17.0 Å². The second-order valence-corrected chi connectivity index (χ2v) is 12.3. The minimum Gasteiger partial charge on any atom is -0.354 e. The smallest absolute Gasteiger partial charge is 0.264 e. The van der Waals surface area contributed by atoms with Crippen LogP contribution in [0.2, 0.25) is 10.0 Å². The Morgan fingerprint density at radius 2 is 1.60 bits per heavy atom. The zero-order valence-corrected chi connectivity index (χ0v) is 25.5. The second-order valence-electron chi connectivity index (χ2n) is 9.65. The molecule has 0 saturated heterocycles. The van der Waals surface area contributed by atoms with E-state index in [0.29, 0.717) is 34.3 Å². The molecule has 0 aliphatic rings. The SMILES string of the molecule is CCCNC(=O)[C@@H](CC)N(Cc1ccc(Cl)c(Cl)c1)C(=O)CN(c1cccc(C)c1)S(=O)(=O)c1ccc(C)cc1. The van der Waals surface area contributed by atoms with E-state index in [1.54, 1.807) is 48.5 Å².